The fourth-order valence-corrected chi connectivity index (χ4v) is 6.39. The molecule has 0 fully saturated rings. The van der Waals surface area contributed by atoms with Crippen molar-refractivity contribution in [3.8, 4) is 11.5 Å². The predicted octanol–water partition coefficient (Wildman–Crippen LogP) is 7.12. The summed E-state index contributed by atoms with van der Waals surface area (Å²) in [5, 5.41) is 19.7. The molecule has 1 atom stereocenters. The van der Waals surface area contributed by atoms with E-state index in [4.69, 9.17) is 9.47 Å². The molecule has 2 heterocycles. The Kier molecular flexibility index (Phi) is 9.88. The number of benzene rings is 3. The molecule has 0 aliphatic carbocycles. The van der Waals surface area contributed by atoms with Gasteiger partial charge < -0.3 is 14.6 Å². The van der Waals surface area contributed by atoms with E-state index in [0.29, 0.717) is 39.3 Å². The number of ether oxygens (including phenoxy) is 2. The second-order valence-electron chi connectivity index (χ2n) is 9.42. The van der Waals surface area contributed by atoms with E-state index in [9.17, 15) is 19.1 Å². The normalized spacial score (nSPS) is 14.8. The van der Waals surface area contributed by atoms with Gasteiger partial charge in [-0.15, -0.1) is 10.2 Å². The summed E-state index contributed by atoms with van der Waals surface area (Å²) < 4.78 is 26.2. The van der Waals surface area contributed by atoms with E-state index < -0.39 is 23.5 Å². The summed E-state index contributed by atoms with van der Waals surface area (Å²) in [4.78, 5) is 28.5. The number of anilines is 1. The summed E-state index contributed by atoms with van der Waals surface area (Å²) in [5.74, 6) is -1.19. The number of hydrogen-bond donors (Lipinski definition) is 1. The zero-order valence-electron chi connectivity index (χ0n) is 23.7. The third kappa shape index (κ3) is 6.74. The molecule has 11 heteroatoms. The van der Waals surface area contributed by atoms with Crippen LogP contribution in [0.5, 0.6) is 11.5 Å². The second-order valence-corrected chi connectivity index (χ2v) is 11.6. The quantitative estimate of drug-likeness (QED) is 0.0723. The van der Waals surface area contributed by atoms with Crippen LogP contribution >= 0.6 is 23.1 Å². The van der Waals surface area contributed by atoms with Gasteiger partial charge in [-0.1, -0.05) is 96.4 Å². The number of aromatic nitrogens is 2. The van der Waals surface area contributed by atoms with Crippen molar-refractivity contribution in [1.82, 2.24) is 10.2 Å². The lowest BCUT2D eigenvalue weighted by Crippen LogP contribution is -2.31. The number of thioether (sulfide) groups is 1. The van der Waals surface area contributed by atoms with Crippen molar-refractivity contribution in [2.45, 2.75) is 23.1 Å². The molecule has 5 rings (SSSR count). The summed E-state index contributed by atoms with van der Waals surface area (Å²) in [6, 6.07) is 19.7. The summed E-state index contributed by atoms with van der Waals surface area (Å²) in [6.45, 7) is 6.09. The van der Waals surface area contributed by atoms with Gasteiger partial charge in [0.1, 0.15) is 12.4 Å². The van der Waals surface area contributed by atoms with E-state index in [-0.39, 0.29) is 23.1 Å². The highest BCUT2D eigenvalue weighted by atomic mass is 32.2. The van der Waals surface area contributed by atoms with Crippen LogP contribution in [0.2, 0.25) is 0 Å². The van der Waals surface area contributed by atoms with Crippen molar-refractivity contribution in [3.63, 3.8) is 0 Å². The topological polar surface area (TPSA) is 102 Å². The molecule has 8 nitrogen and oxygen atoms in total. The number of aliphatic hydroxyl groups is 1. The van der Waals surface area contributed by atoms with E-state index in [2.05, 4.69) is 16.8 Å². The molecule has 0 radical (unpaired) electrons. The van der Waals surface area contributed by atoms with Gasteiger partial charge >= 0.3 is 0 Å². The Labute approximate surface area is 262 Å². The maximum Gasteiger partial charge on any atom is 0.296 e. The fourth-order valence-electron chi connectivity index (χ4n) is 4.54. The summed E-state index contributed by atoms with van der Waals surface area (Å²) in [5.41, 5.74) is 1.66. The monoisotopic (exact) mass is 629 g/mol. The predicted molar refractivity (Wildman–Crippen MR) is 170 cm³/mol. The molecule has 0 bridgehead atoms. The molecule has 1 amide bonds. The van der Waals surface area contributed by atoms with Gasteiger partial charge in [-0.3, -0.25) is 14.5 Å². The van der Waals surface area contributed by atoms with Gasteiger partial charge in [0, 0.05) is 5.75 Å². The zero-order valence-corrected chi connectivity index (χ0v) is 25.3. The average molecular weight is 630 g/mol. The molecule has 1 aromatic heterocycles. The Morgan fingerprint density at radius 1 is 1.09 bits per heavy atom. The first-order valence-corrected chi connectivity index (χ1v) is 15.5. The number of nitrogens with zero attached hydrogens (tertiary/aromatic N) is 3. The lowest BCUT2D eigenvalue weighted by atomic mass is 9.95. The lowest BCUT2D eigenvalue weighted by Gasteiger charge is -2.24. The molecule has 3 aromatic carbocycles. The van der Waals surface area contributed by atoms with Gasteiger partial charge in [-0.25, -0.2) is 4.39 Å². The number of carbonyl (C=O) groups is 2. The van der Waals surface area contributed by atoms with E-state index >= 15 is 0 Å². The van der Waals surface area contributed by atoms with Crippen LogP contribution in [0, 0.1) is 5.82 Å². The number of halogens is 1. The minimum absolute atomic E-state index is 0.111. The zero-order chi connectivity index (χ0) is 31.1. The minimum Gasteiger partial charge on any atom is -0.503 e. The lowest BCUT2D eigenvalue weighted by molar-refractivity contribution is -0.117. The van der Waals surface area contributed by atoms with E-state index in [1.165, 1.54) is 28.8 Å². The number of amides is 1. The summed E-state index contributed by atoms with van der Waals surface area (Å²) in [6.07, 6.45) is 4.55. The first-order chi connectivity index (χ1) is 21.4. The van der Waals surface area contributed by atoms with Crippen LogP contribution in [0.25, 0.3) is 6.08 Å². The van der Waals surface area contributed by atoms with Crippen molar-refractivity contribution in [3.05, 3.63) is 125 Å². The van der Waals surface area contributed by atoms with Gasteiger partial charge in [0.2, 0.25) is 5.13 Å². The maximum absolute atomic E-state index is 14.2. The smallest absolute Gasteiger partial charge is 0.296 e. The van der Waals surface area contributed by atoms with Crippen LogP contribution < -0.4 is 14.4 Å². The molecule has 1 N–H and O–H groups in total. The number of allylic oxidation sites excluding steroid dienone is 1. The molecule has 1 unspecified atom stereocenters. The van der Waals surface area contributed by atoms with Gasteiger partial charge in [0.15, 0.2) is 27.4 Å². The molecule has 1 aliphatic heterocycles. The van der Waals surface area contributed by atoms with Crippen LogP contribution in [0.3, 0.4) is 0 Å². The Hall–Kier alpha value is -4.74. The standard InChI is InChI=1S/C33H28FN3O5S2/c1-3-18-42-26-17-15-22(19-27(26)41-4-2)29-28(25(38)16-14-21-10-6-5-7-11-21)30(39)31(40)37(29)32-35-36-33(44-32)43-20-23-12-8-9-13-24(23)34/h3,5-17,19,29,39H,1,4,18,20H2,2H3. The first kappa shape index (κ1) is 30.7. The van der Waals surface area contributed by atoms with Crippen LogP contribution in [0.4, 0.5) is 9.52 Å². The third-order valence-electron chi connectivity index (χ3n) is 6.55. The highest BCUT2D eigenvalue weighted by molar-refractivity contribution is 8.00. The van der Waals surface area contributed by atoms with Crippen molar-refractivity contribution in [1.29, 1.82) is 0 Å². The largest absolute Gasteiger partial charge is 0.503 e. The molecule has 1 aliphatic rings. The highest BCUT2D eigenvalue weighted by Gasteiger charge is 2.45. The van der Waals surface area contributed by atoms with Crippen molar-refractivity contribution in [2.24, 2.45) is 0 Å². The number of rotatable bonds is 13. The SMILES string of the molecule is C=CCOc1ccc(C2C(C(=O)C=Cc3ccccc3)=C(O)C(=O)N2c2nnc(SCc3ccccc3F)s2)cc1OCC. The molecule has 4 aromatic rings. The fraction of sp³-hybridized carbons (Fsp3) is 0.152. The molecule has 0 saturated carbocycles. The third-order valence-corrected chi connectivity index (χ3v) is 8.66. The summed E-state index contributed by atoms with van der Waals surface area (Å²) in [7, 11) is 0. The van der Waals surface area contributed by atoms with Gasteiger partial charge in [0.05, 0.1) is 18.2 Å². The Bertz CT molecular complexity index is 1740. The van der Waals surface area contributed by atoms with Crippen molar-refractivity contribution < 1.29 is 28.6 Å². The van der Waals surface area contributed by atoms with Crippen LogP contribution in [-0.4, -0.2) is 40.2 Å². The second kappa shape index (κ2) is 14.2. The number of hydrogen-bond acceptors (Lipinski definition) is 9. The Morgan fingerprint density at radius 3 is 2.61 bits per heavy atom. The average Bonchev–Trinajstić information content (AvgIpc) is 3.61. The van der Waals surface area contributed by atoms with E-state index in [0.717, 1.165) is 16.9 Å². The van der Waals surface area contributed by atoms with E-state index in [1.807, 2.05) is 37.3 Å². The van der Waals surface area contributed by atoms with Gasteiger partial charge in [0.25, 0.3) is 5.91 Å². The van der Waals surface area contributed by atoms with Gasteiger partial charge in [-0.2, -0.15) is 0 Å². The molecule has 0 saturated heterocycles. The summed E-state index contributed by atoms with van der Waals surface area (Å²) >= 11 is 2.37. The van der Waals surface area contributed by atoms with Crippen LogP contribution in [-0.2, 0) is 15.3 Å². The minimum atomic E-state index is -1.04. The van der Waals surface area contributed by atoms with Crippen molar-refractivity contribution >= 4 is 46.0 Å². The molecule has 224 valence electrons. The number of ketones is 1. The maximum atomic E-state index is 14.2. The molecule has 44 heavy (non-hydrogen) atoms. The van der Waals surface area contributed by atoms with Gasteiger partial charge in [-0.05, 0) is 47.9 Å². The first-order valence-electron chi connectivity index (χ1n) is 13.7. The Balaban J connectivity index is 1.52. The molecule has 0 spiro atoms. The Morgan fingerprint density at radius 2 is 1.86 bits per heavy atom. The molecular weight excluding hydrogens is 602 g/mol. The molecular formula is C33H28FN3O5S2. The number of aliphatic hydroxyl groups excluding tert-OH is 1. The van der Waals surface area contributed by atoms with E-state index in [1.54, 1.807) is 48.6 Å². The number of carbonyl (C=O) groups excluding carboxylic acids is 2. The highest BCUT2D eigenvalue weighted by Crippen LogP contribution is 2.45. The van der Waals surface area contributed by atoms with Crippen LogP contribution in [0.1, 0.15) is 29.7 Å². The van der Waals surface area contributed by atoms with Crippen LogP contribution in [0.15, 0.2) is 107 Å². The van der Waals surface area contributed by atoms with Crippen molar-refractivity contribution in [2.75, 3.05) is 18.1 Å².